The highest BCUT2D eigenvalue weighted by Gasteiger charge is 2.30. The average Bonchev–Trinajstić information content (AvgIpc) is 2.15. The quantitative estimate of drug-likeness (QED) is 0.781. The third kappa shape index (κ3) is 2.68. The van der Waals surface area contributed by atoms with Crippen LogP contribution in [-0.2, 0) is 11.0 Å². The first-order valence-corrected chi connectivity index (χ1v) is 3.86. The minimum atomic E-state index is -4.51. The molecule has 0 aromatic heterocycles. The smallest absolute Gasteiger partial charge is 0.416 e. The number of hydrogen-bond acceptors (Lipinski definition) is 1. The summed E-state index contributed by atoms with van der Waals surface area (Å²) < 4.78 is 49.0. The zero-order chi connectivity index (χ0) is 11.6. The third-order valence-electron chi connectivity index (χ3n) is 1.75. The lowest BCUT2D eigenvalue weighted by Gasteiger charge is -2.08. The zero-order valence-electron chi connectivity index (χ0n) is 7.25. The summed E-state index contributed by atoms with van der Waals surface area (Å²) >= 11 is 0. The van der Waals surface area contributed by atoms with Crippen LogP contribution < -0.4 is 0 Å². The van der Waals surface area contributed by atoms with Crippen LogP contribution in [0, 0.1) is 0 Å². The zero-order valence-corrected chi connectivity index (χ0v) is 7.25. The predicted octanol–water partition coefficient (Wildman–Crippen LogP) is 2.80. The Morgan fingerprint density at radius 1 is 1.20 bits per heavy atom. The maximum absolute atomic E-state index is 12.8. The lowest BCUT2D eigenvalue weighted by molar-refractivity contribution is -0.143. The number of aliphatic carboxylic acids is 1. The monoisotopic (exact) mass is 222 g/mol. The summed E-state index contributed by atoms with van der Waals surface area (Å²) in [6, 6.07) is 2.90. The normalized spacial score (nSPS) is 13.6. The molecule has 1 atom stereocenters. The van der Waals surface area contributed by atoms with E-state index in [0.29, 0.717) is 12.1 Å². The molecule has 82 valence electrons. The Morgan fingerprint density at radius 2 is 1.67 bits per heavy atom. The van der Waals surface area contributed by atoms with Crippen molar-refractivity contribution in [2.75, 3.05) is 0 Å². The van der Waals surface area contributed by atoms with Crippen LogP contribution in [0.5, 0.6) is 0 Å². The molecule has 1 aromatic carbocycles. The molecular weight excluding hydrogens is 216 g/mol. The van der Waals surface area contributed by atoms with Crippen molar-refractivity contribution >= 4 is 5.97 Å². The molecule has 15 heavy (non-hydrogen) atoms. The molecule has 1 N–H and O–H groups in total. The van der Waals surface area contributed by atoms with Gasteiger partial charge in [0, 0.05) is 0 Å². The van der Waals surface area contributed by atoms with E-state index in [4.69, 9.17) is 5.11 Å². The molecule has 0 aliphatic rings. The molecule has 0 spiro atoms. The van der Waals surface area contributed by atoms with Crippen LogP contribution in [0.1, 0.15) is 17.3 Å². The van der Waals surface area contributed by atoms with Crippen LogP contribution in [0.4, 0.5) is 17.6 Å². The highest BCUT2D eigenvalue weighted by Crippen LogP contribution is 2.30. The Morgan fingerprint density at radius 3 is 2.00 bits per heavy atom. The van der Waals surface area contributed by atoms with E-state index >= 15 is 0 Å². The number of rotatable bonds is 2. The molecule has 0 heterocycles. The van der Waals surface area contributed by atoms with Crippen molar-refractivity contribution in [3.8, 4) is 0 Å². The van der Waals surface area contributed by atoms with Gasteiger partial charge in [0.2, 0.25) is 6.17 Å². The number of carboxylic acids is 1. The van der Waals surface area contributed by atoms with Gasteiger partial charge in [0.05, 0.1) is 5.56 Å². The number of halogens is 4. The summed E-state index contributed by atoms with van der Waals surface area (Å²) in [6.07, 6.45) is -6.81. The van der Waals surface area contributed by atoms with Crippen LogP contribution in [0.2, 0.25) is 0 Å². The topological polar surface area (TPSA) is 37.3 Å². The molecule has 0 saturated heterocycles. The molecule has 2 nitrogen and oxygen atoms in total. The Kier molecular flexibility index (Phi) is 2.97. The first-order chi connectivity index (χ1) is 6.82. The summed E-state index contributed by atoms with van der Waals surface area (Å²) in [7, 11) is 0. The number of alkyl halides is 4. The predicted molar refractivity (Wildman–Crippen MR) is 42.9 cm³/mol. The summed E-state index contributed by atoms with van der Waals surface area (Å²) in [5.74, 6) is -1.73. The maximum Gasteiger partial charge on any atom is 0.416 e. The number of carbonyl (C=O) groups is 1. The number of benzene rings is 1. The van der Waals surface area contributed by atoms with Gasteiger partial charge in [0.25, 0.3) is 0 Å². The molecule has 0 bridgehead atoms. The van der Waals surface area contributed by atoms with E-state index in [1.54, 1.807) is 0 Å². The average molecular weight is 222 g/mol. The molecule has 0 amide bonds. The van der Waals surface area contributed by atoms with E-state index in [2.05, 4.69) is 0 Å². The molecule has 0 radical (unpaired) electrons. The van der Waals surface area contributed by atoms with Crippen molar-refractivity contribution in [1.82, 2.24) is 0 Å². The Labute approximate surface area is 82.1 Å². The van der Waals surface area contributed by atoms with Crippen molar-refractivity contribution in [3.05, 3.63) is 35.4 Å². The van der Waals surface area contributed by atoms with Gasteiger partial charge in [-0.3, -0.25) is 0 Å². The molecule has 1 aromatic rings. The lowest BCUT2D eigenvalue weighted by Crippen LogP contribution is -2.08. The molecule has 0 aliphatic carbocycles. The largest absolute Gasteiger partial charge is 0.479 e. The first-order valence-electron chi connectivity index (χ1n) is 3.86. The maximum atomic E-state index is 12.8. The van der Waals surface area contributed by atoms with Crippen LogP contribution >= 0.6 is 0 Å². The molecule has 0 saturated carbocycles. The second-order valence-corrected chi connectivity index (χ2v) is 2.82. The highest BCUT2D eigenvalue weighted by atomic mass is 19.4. The standard InChI is InChI=1S/C9H6F4O2/c10-7(8(14)15)5-1-3-6(4-2-5)9(11,12)13/h1-4,7H,(H,14,15)/t7-/m0/s1. The van der Waals surface area contributed by atoms with Gasteiger partial charge in [0.15, 0.2) is 0 Å². The Bertz CT molecular complexity index is 355. The third-order valence-corrected chi connectivity index (χ3v) is 1.75. The van der Waals surface area contributed by atoms with Crippen LogP contribution in [0.15, 0.2) is 24.3 Å². The second-order valence-electron chi connectivity index (χ2n) is 2.82. The lowest BCUT2D eigenvalue weighted by atomic mass is 10.1. The highest BCUT2D eigenvalue weighted by molar-refractivity contribution is 5.74. The van der Waals surface area contributed by atoms with Crippen LogP contribution in [-0.4, -0.2) is 11.1 Å². The number of hydrogen-bond donors (Lipinski definition) is 1. The molecule has 0 aliphatic heterocycles. The van der Waals surface area contributed by atoms with Crippen molar-refractivity contribution in [1.29, 1.82) is 0 Å². The summed E-state index contributed by atoms with van der Waals surface area (Å²) in [5, 5.41) is 8.27. The molecular formula is C9H6F4O2. The minimum Gasteiger partial charge on any atom is -0.479 e. The van der Waals surface area contributed by atoms with Crippen molar-refractivity contribution in [3.63, 3.8) is 0 Å². The van der Waals surface area contributed by atoms with E-state index < -0.39 is 23.9 Å². The van der Waals surface area contributed by atoms with Gasteiger partial charge in [-0.2, -0.15) is 13.2 Å². The van der Waals surface area contributed by atoms with E-state index in [-0.39, 0.29) is 5.56 Å². The summed E-state index contributed by atoms with van der Waals surface area (Å²) in [5.41, 5.74) is -1.25. The van der Waals surface area contributed by atoms with Gasteiger partial charge in [-0.25, -0.2) is 9.18 Å². The van der Waals surface area contributed by atoms with Crippen molar-refractivity contribution < 1.29 is 27.5 Å². The SMILES string of the molecule is O=C(O)[C@@H](F)c1ccc(C(F)(F)F)cc1. The Balaban J connectivity index is 2.95. The van der Waals surface area contributed by atoms with E-state index in [9.17, 15) is 22.4 Å². The second kappa shape index (κ2) is 3.88. The van der Waals surface area contributed by atoms with Crippen LogP contribution in [0.25, 0.3) is 0 Å². The van der Waals surface area contributed by atoms with Crippen molar-refractivity contribution in [2.24, 2.45) is 0 Å². The minimum absolute atomic E-state index is 0.310. The summed E-state index contributed by atoms with van der Waals surface area (Å²) in [4.78, 5) is 10.2. The van der Waals surface area contributed by atoms with Crippen LogP contribution in [0.3, 0.4) is 0 Å². The van der Waals surface area contributed by atoms with E-state index in [1.807, 2.05) is 0 Å². The van der Waals surface area contributed by atoms with Gasteiger partial charge in [-0.1, -0.05) is 12.1 Å². The molecule has 1 rings (SSSR count). The van der Waals surface area contributed by atoms with E-state index in [1.165, 1.54) is 0 Å². The molecule has 6 heteroatoms. The fourth-order valence-electron chi connectivity index (χ4n) is 0.984. The van der Waals surface area contributed by atoms with Gasteiger partial charge >= 0.3 is 12.1 Å². The van der Waals surface area contributed by atoms with Gasteiger partial charge in [-0.15, -0.1) is 0 Å². The Hall–Kier alpha value is -1.59. The fourth-order valence-corrected chi connectivity index (χ4v) is 0.984. The van der Waals surface area contributed by atoms with Gasteiger partial charge in [0.1, 0.15) is 0 Å². The first kappa shape index (κ1) is 11.5. The number of carboxylic acid groups (broad SMARTS) is 1. The molecule has 0 fully saturated rings. The molecule has 0 unspecified atom stereocenters. The van der Waals surface area contributed by atoms with Gasteiger partial charge < -0.3 is 5.11 Å². The van der Waals surface area contributed by atoms with Gasteiger partial charge in [-0.05, 0) is 17.7 Å². The fraction of sp³-hybridized carbons (Fsp3) is 0.222. The van der Waals surface area contributed by atoms with E-state index in [0.717, 1.165) is 12.1 Å². The van der Waals surface area contributed by atoms with Crippen molar-refractivity contribution in [2.45, 2.75) is 12.3 Å². The summed E-state index contributed by atoms with van der Waals surface area (Å²) in [6.45, 7) is 0.